The first-order valence-electron chi connectivity index (χ1n) is 11.5. The van der Waals surface area contributed by atoms with Crippen LogP contribution in [0.15, 0.2) is 69.6 Å². The molecular weight excluding hydrogens is 484 g/mol. The van der Waals surface area contributed by atoms with E-state index in [0.717, 1.165) is 16.9 Å². The van der Waals surface area contributed by atoms with E-state index in [1.807, 2.05) is 42.5 Å². The first-order valence-corrected chi connectivity index (χ1v) is 12.7. The molecule has 0 N–H and O–H groups in total. The van der Waals surface area contributed by atoms with E-state index in [1.165, 1.54) is 11.3 Å². The predicted octanol–water partition coefficient (Wildman–Crippen LogP) is 4.49. The highest BCUT2D eigenvalue weighted by atomic mass is 35.5. The molecule has 0 spiro atoms. The van der Waals surface area contributed by atoms with Crippen LogP contribution in [0.5, 0.6) is 5.75 Å². The minimum absolute atomic E-state index is 0.219. The Balaban J connectivity index is 1.80. The zero-order chi connectivity index (χ0) is 25.1. The molecule has 1 aliphatic heterocycles. The normalized spacial score (nSPS) is 15.7. The van der Waals surface area contributed by atoms with Crippen molar-refractivity contribution in [3.63, 3.8) is 0 Å². The first-order chi connectivity index (χ1) is 16.8. The molecule has 2 aromatic carbocycles. The van der Waals surface area contributed by atoms with E-state index in [1.54, 1.807) is 30.5 Å². The molecule has 1 atom stereocenters. The molecule has 0 unspecified atom stereocenters. The maximum atomic E-state index is 13.6. The number of rotatable bonds is 7. The fourth-order valence-electron chi connectivity index (χ4n) is 3.83. The van der Waals surface area contributed by atoms with Crippen LogP contribution in [-0.2, 0) is 9.53 Å². The van der Waals surface area contributed by atoms with Crippen LogP contribution >= 0.6 is 22.9 Å². The number of halogens is 1. The molecule has 35 heavy (non-hydrogen) atoms. The maximum Gasteiger partial charge on any atom is 0.338 e. The molecule has 3 aromatic rings. The van der Waals surface area contributed by atoms with Gasteiger partial charge in [0.1, 0.15) is 5.75 Å². The summed E-state index contributed by atoms with van der Waals surface area (Å²) in [5.41, 5.74) is 2.29. The average molecular weight is 511 g/mol. The summed E-state index contributed by atoms with van der Waals surface area (Å²) in [4.78, 5) is 31.6. The fourth-order valence-corrected chi connectivity index (χ4v) is 5.00. The maximum absolute atomic E-state index is 13.6. The number of carbonyl (C=O) groups excluding carboxylic acids is 1. The number of esters is 1. The third-order valence-electron chi connectivity index (χ3n) is 5.46. The highest BCUT2D eigenvalue weighted by Gasteiger charge is 2.33. The van der Waals surface area contributed by atoms with Crippen LogP contribution in [0.1, 0.15) is 44.9 Å². The van der Waals surface area contributed by atoms with Gasteiger partial charge in [-0.1, -0.05) is 61.1 Å². The zero-order valence-corrected chi connectivity index (χ0v) is 21.7. The number of benzene rings is 2. The Kier molecular flexibility index (Phi) is 7.57. The number of hydrogen-bond donors (Lipinski definition) is 0. The smallest absolute Gasteiger partial charge is 0.338 e. The number of allylic oxidation sites excluding steroid dienone is 1. The molecule has 8 heteroatoms. The Bertz CT molecular complexity index is 1430. The molecule has 182 valence electrons. The Labute approximate surface area is 212 Å². The molecule has 1 aromatic heterocycles. The molecule has 0 radical (unpaired) electrons. The van der Waals surface area contributed by atoms with Crippen molar-refractivity contribution < 1.29 is 14.3 Å². The number of nitrogens with zero attached hydrogens (tertiary/aromatic N) is 2. The van der Waals surface area contributed by atoms with E-state index in [2.05, 4.69) is 18.8 Å². The summed E-state index contributed by atoms with van der Waals surface area (Å²) in [6.45, 7) is 8.58. The molecule has 2 heterocycles. The predicted molar refractivity (Wildman–Crippen MR) is 139 cm³/mol. The Morgan fingerprint density at radius 1 is 1.17 bits per heavy atom. The Morgan fingerprint density at radius 3 is 2.49 bits per heavy atom. The topological polar surface area (TPSA) is 69.9 Å². The van der Waals surface area contributed by atoms with Crippen molar-refractivity contribution in [2.24, 2.45) is 10.9 Å². The van der Waals surface area contributed by atoms with Gasteiger partial charge in [0.2, 0.25) is 0 Å². The van der Waals surface area contributed by atoms with Crippen molar-refractivity contribution in [1.29, 1.82) is 0 Å². The average Bonchev–Trinajstić information content (AvgIpc) is 3.12. The lowest BCUT2D eigenvalue weighted by Crippen LogP contribution is -2.39. The Hall–Kier alpha value is -3.16. The second kappa shape index (κ2) is 10.6. The summed E-state index contributed by atoms with van der Waals surface area (Å²) in [6.07, 6.45) is 1.83. The number of carbonyl (C=O) groups is 1. The molecule has 1 aliphatic rings. The van der Waals surface area contributed by atoms with E-state index in [-0.39, 0.29) is 12.2 Å². The second-order valence-electron chi connectivity index (χ2n) is 8.63. The summed E-state index contributed by atoms with van der Waals surface area (Å²) in [5.74, 6) is 0.738. The number of aromatic nitrogens is 1. The Morgan fingerprint density at radius 2 is 1.86 bits per heavy atom. The van der Waals surface area contributed by atoms with Gasteiger partial charge in [0, 0.05) is 5.02 Å². The monoisotopic (exact) mass is 510 g/mol. The third-order valence-corrected chi connectivity index (χ3v) is 6.70. The zero-order valence-electron chi connectivity index (χ0n) is 20.1. The van der Waals surface area contributed by atoms with Crippen molar-refractivity contribution >= 4 is 35.0 Å². The lowest BCUT2D eigenvalue weighted by molar-refractivity contribution is -0.139. The van der Waals surface area contributed by atoms with Crippen LogP contribution in [0.25, 0.3) is 6.08 Å². The van der Waals surface area contributed by atoms with Crippen molar-refractivity contribution in [2.45, 2.75) is 33.7 Å². The summed E-state index contributed by atoms with van der Waals surface area (Å²) >= 11 is 7.39. The van der Waals surface area contributed by atoms with Crippen molar-refractivity contribution in [3.8, 4) is 5.75 Å². The van der Waals surface area contributed by atoms with Gasteiger partial charge in [0.15, 0.2) is 4.80 Å². The molecular formula is C27H27ClN2O4S. The summed E-state index contributed by atoms with van der Waals surface area (Å²) in [6, 6.07) is 14.1. The van der Waals surface area contributed by atoms with E-state index in [9.17, 15) is 9.59 Å². The molecule has 0 aliphatic carbocycles. The molecule has 4 rings (SSSR count). The number of fused-ring (bicyclic) bond motifs is 1. The standard InChI is InChI=1S/C27H27ClN2O4S/c1-5-33-26(32)23-17(4)29-27-30(24(23)19-8-10-20(28)11-9-19)25(31)22(35-27)14-18-6-12-21(13-7-18)34-15-16(2)3/h6-14,16,24H,5,15H2,1-4H3/b22-14+/t24-/m0/s1. The largest absolute Gasteiger partial charge is 0.493 e. The van der Waals surface area contributed by atoms with Crippen LogP contribution in [0.3, 0.4) is 0 Å². The summed E-state index contributed by atoms with van der Waals surface area (Å²) in [7, 11) is 0. The van der Waals surface area contributed by atoms with Gasteiger partial charge in [0.25, 0.3) is 5.56 Å². The van der Waals surface area contributed by atoms with Crippen LogP contribution in [0.4, 0.5) is 0 Å². The number of hydrogen-bond acceptors (Lipinski definition) is 6. The van der Waals surface area contributed by atoms with Crippen molar-refractivity contribution in [3.05, 3.63) is 95.6 Å². The van der Waals surface area contributed by atoms with Gasteiger partial charge in [-0.3, -0.25) is 9.36 Å². The molecule has 0 bridgehead atoms. The molecule has 0 saturated heterocycles. The third kappa shape index (κ3) is 5.41. The van der Waals surface area contributed by atoms with E-state index >= 15 is 0 Å². The molecule has 6 nitrogen and oxygen atoms in total. The van der Waals surface area contributed by atoms with Crippen LogP contribution in [-0.4, -0.2) is 23.8 Å². The van der Waals surface area contributed by atoms with Crippen molar-refractivity contribution in [1.82, 2.24) is 4.57 Å². The van der Waals surface area contributed by atoms with Gasteiger partial charge in [0.05, 0.1) is 35.1 Å². The first kappa shape index (κ1) is 24.9. The summed E-state index contributed by atoms with van der Waals surface area (Å²) in [5, 5.41) is 0.570. The van der Waals surface area contributed by atoms with Gasteiger partial charge in [-0.15, -0.1) is 0 Å². The fraction of sp³-hybridized carbons (Fsp3) is 0.296. The number of ether oxygens (including phenoxy) is 2. The quantitative estimate of drug-likeness (QED) is 0.439. The number of thiazole rings is 1. The summed E-state index contributed by atoms with van der Waals surface area (Å²) < 4.78 is 13.2. The van der Waals surface area contributed by atoms with Crippen LogP contribution in [0.2, 0.25) is 5.02 Å². The van der Waals surface area contributed by atoms with Crippen LogP contribution in [0, 0.1) is 5.92 Å². The van der Waals surface area contributed by atoms with E-state index in [0.29, 0.717) is 38.2 Å². The second-order valence-corrected chi connectivity index (χ2v) is 10.1. The van der Waals surface area contributed by atoms with Gasteiger partial charge in [-0.05, 0) is 61.2 Å². The minimum atomic E-state index is -0.656. The minimum Gasteiger partial charge on any atom is -0.493 e. The lowest BCUT2D eigenvalue weighted by Gasteiger charge is -2.24. The van der Waals surface area contributed by atoms with Gasteiger partial charge >= 0.3 is 5.97 Å². The van der Waals surface area contributed by atoms with E-state index in [4.69, 9.17) is 21.1 Å². The van der Waals surface area contributed by atoms with Gasteiger partial charge < -0.3 is 9.47 Å². The molecule has 0 amide bonds. The molecule has 0 fully saturated rings. The molecule has 0 saturated carbocycles. The van der Waals surface area contributed by atoms with Gasteiger partial charge in [-0.25, -0.2) is 9.79 Å². The van der Waals surface area contributed by atoms with Crippen molar-refractivity contribution in [2.75, 3.05) is 13.2 Å². The van der Waals surface area contributed by atoms with Gasteiger partial charge in [-0.2, -0.15) is 0 Å². The van der Waals surface area contributed by atoms with Crippen LogP contribution < -0.4 is 19.6 Å². The lowest BCUT2D eigenvalue weighted by atomic mass is 9.96. The van der Waals surface area contributed by atoms with E-state index < -0.39 is 12.0 Å². The highest BCUT2D eigenvalue weighted by molar-refractivity contribution is 7.07. The highest BCUT2D eigenvalue weighted by Crippen LogP contribution is 2.31. The SMILES string of the molecule is CCOC(=O)C1=C(C)N=c2s/c(=C/c3ccc(OCC(C)C)cc3)c(=O)n2[C@H]1c1ccc(Cl)cc1.